The van der Waals surface area contributed by atoms with Gasteiger partial charge in [-0.05, 0) is 29.1 Å². The Kier molecular flexibility index (Phi) is 4.05. The third-order valence-electron chi connectivity index (χ3n) is 2.38. The zero-order valence-corrected chi connectivity index (χ0v) is 11.0. The first kappa shape index (κ1) is 12.8. The highest BCUT2D eigenvalue weighted by Gasteiger charge is 2.15. The van der Waals surface area contributed by atoms with Gasteiger partial charge in [-0.2, -0.15) is 0 Å². The zero-order valence-electron chi connectivity index (χ0n) is 8.66. The molecule has 0 spiro atoms. The first-order valence-corrected chi connectivity index (χ1v) is 6.56. The van der Waals surface area contributed by atoms with Crippen molar-refractivity contribution >= 4 is 34.5 Å². The van der Waals surface area contributed by atoms with Gasteiger partial charge in [0.2, 0.25) is 0 Å². The number of thiophene rings is 1. The van der Waals surface area contributed by atoms with Crippen LogP contribution in [0.2, 0.25) is 10.0 Å². The second-order valence-electron chi connectivity index (χ2n) is 3.59. The molecule has 1 unspecified atom stereocenters. The monoisotopic (exact) mass is 290 g/mol. The molecule has 1 aromatic heterocycles. The molecule has 90 valence electrons. The number of hydrogen-bond donors (Lipinski definition) is 1. The van der Waals surface area contributed by atoms with Crippen LogP contribution in [0.3, 0.4) is 0 Å². The Balaban J connectivity index is 2.19. The van der Waals surface area contributed by atoms with Crippen LogP contribution < -0.4 is 0 Å². The maximum absolute atomic E-state index is 12.9. The van der Waals surface area contributed by atoms with Gasteiger partial charge in [-0.1, -0.05) is 29.3 Å². The molecule has 0 amide bonds. The molecular formula is C12H9Cl2FOS. The first-order chi connectivity index (χ1) is 8.08. The van der Waals surface area contributed by atoms with Gasteiger partial charge in [-0.15, -0.1) is 11.3 Å². The van der Waals surface area contributed by atoms with Gasteiger partial charge in [0.15, 0.2) is 0 Å². The Morgan fingerprint density at radius 1 is 1.24 bits per heavy atom. The largest absolute Gasteiger partial charge is 0.387 e. The van der Waals surface area contributed by atoms with Gasteiger partial charge in [0.1, 0.15) is 5.82 Å². The smallest absolute Gasteiger partial charge is 0.124 e. The molecule has 0 saturated heterocycles. The molecule has 1 nitrogen and oxygen atoms in total. The molecule has 1 aromatic carbocycles. The molecule has 0 aliphatic heterocycles. The van der Waals surface area contributed by atoms with E-state index in [0.29, 0.717) is 26.9 Å². The SMILES string of the molecule is OC(Cc1ccc(F)cc1Cl)c1sccc1Cl. The lowest BCUT2D eigenvalue weighted by Crippen LogP contribution is -2.01. The summed E-state index contributed by atoms with van der Waals surface area (Å²) >= 11 is 13.2. The highest BCUT2D eigenvalue weighted by atomic mass is 35.5. The first-order valence-electron chi connectivity index (χ1n) is 4.93. The van der Waals surface area contributed by atoms with E-state index in [2.05, 4.69) is 0 Å². The molecule has 5 heteroatoms. The van der Waals surface area contributed by atoms with Gasteiger partial charge in [-0.3, -0.25) is 0 Å². The third-order valence-corrected chi connectivity index (χ3v) is 4.19. The highest BCUT2D eigenvalue weighted by Crippen LogP contribution is 2.32. The zero-order chi connectivity index (χ0) is 12.4. The number of aliphatic hydroxyl groups is 1. The summed E-state index contributed by atoms with van der Waals surface area (Å²) in [6.45, 7) is 0. The van der Waals surface area contributed by atoms with Crippen molar-refractivity contribution in [1.82, 2.24) is 0 Å². The average Bonchev–Trinajstić information content (AvgIpc) is 2.68. The van der Waals surface area contributed by atoms with Crippen LogP contribution in [0.15, 0.2) is 29.6 Å². The van der Waals surface area contributed by atoms with Gasteiger partial charge in [0.25, 0.3) is 0 Å². The van der Waals surface area contributed by atoms with Gasteiger partial charge in [0.05, 0.1) is 16.0 Å². The van der Waals surface area contributed by atoms with Crippen LogP contribution in [0.25, 0.3) is 0 Å². The Hall–Kier alpha value is -0.610. The van der Waals surface area contributed by atoms with Crippen LogP contribution in [0, 0.1) is 5.82 Å². The summed E-state index contributed by atoms with van der Waals surface area (Å²) in [4.78, 5) is 0.701. The van der Waals surface area contributed by atoms with E-state index in [1.165, 1.54) is 23.5 Å². The minimum Gasteiger partial charge on any atom is -0.387 e. The molecule has 0 aliphatic rings. The summed E-state index contributed by atoms with van der Waals surface area (Å²) in [7, 11) is 0. The predicted molar refractivity (Wildman–Crippen MR) is 69.4 cm³/mol. The lowest BCUT2D eigenvalue weighted by molar-refractivity contribution is 0.182. The van der Waals surface area contributed by atoms with Crippen LogP contribution >= 0.6 is 34.5 Å². The molecule has 0 bridgehead atoms. The standard InChI is InChI=1S/C12H9Cl2FOS/c13-9-3-4-17-12(9)11(16)5-7-1-2-8(15)6-10(7)14/h1-4,6,11,16H,5H2. The highest BCUT2D eigenvalue weighted by molar-refractivity contribution is 7.10. The second-order valence-corrected chi connectivity index (χ2v) is 5.35. The van der Waals surface area contributed by atoms with Gasteiger partial charge in [-0.25, -0.2) is 4.39 Å². The molecule has 17 heavy (non-hydrogen) atoms. The Labute approximate surface area is 112 Å². The van der Waals surface area contributed by atoms with E-state index >= 15 is 0 Å². The molecule has 0 aliphatic carbocycles. The summed E-state index contributed by atoms with van der Waals surface area (Å²) in [5.41, 5.74) is 0.699. The topological polar surface area (TPSA) is 20.2 Å². The number of hydrogen-bond acceptors (Lipinski definition) is 2. The van der Waals surface area contributed by atoms with Crippen molar-refractivity contribution in [2.24, 2.45) is 0 Å². The molecule has 0 fully saturated rings. The average molecular weight is 291 g/mol. The number of rotatable bonds is 3. The fourth-order valence-corrected chi connectivity index (χ4v) is 2.94. The van der Waals surface area contributed by atoms with Crippen LogP contribution in [-0.4, -0.2) is 5.11 Å². The van der Waals surface area contributed by atoms with Crippen molar-refractivity contribution in [2.75, 3.05) is 0 Å². The van der Waals surface area contributed by atoms with Crippen LogP contribution in [0.4, 0.5) is 4.39 Å². The van der Waals surface area contributed by atoms with Crippen molar-refractivity contribution in [3.8, 4) is 0 Å². The third kappa shape index (κ3) is 2.99. The van der Waals surface area contributed by atoms with Crippen molar-refractivity contribution in [1.29, 1.82) is 0 Å². The van der Waals surface area contributed by atoms with Crippen molar-refractivity contribution in [3.05, 3.63) is 55.9 Å². The van der Waals surface area contributed by atoms with Crippen LogP contribution in [0.1, 0.15) is 16.5 Å². The maximum Gasteiger partial charge on any atom is 0.124 e. The van der Waals surface area contributed by atoms with Gasteiger partial charge < -0.3 is 5.11 Å². The number of benzene rings is 1. The summed E-state index contributed by atoms with van der Waals surface area (Å²) in [6, 6.07) is 5.86. The summed E-state index contributed by atoms with van der Waals surface area (Å²) in [5, 5.41) is 12.7. The van der Waals surface area contributed by atoms with Crippen LogP contribution in [-0.2, 0) is 6.42 Å². The normalized spacial score (nSPS) is 12.7. The second kappa shape index (κ2) is 5.36. The van der Waals surface area contributed by atoms with Gasteiger partial charge in [0, 0.05) is 11.4 Å². The molecular weight excluding hydrogens is 282 g/mol. The van der Waals surface area contributed by atoms with Crippen molar-refractivity contribution < 1.29 is 9.50 Å². The Bertz CT molecular complexity index is 527. The van der Waals surface area contributed by atoms with E-state index in [9.17, 15) is 9.50 Å². The maximum atomic E-state index is 12.9. The summed E-state index contributed by atoms with van der Waals surface area (Å²) in [6.07, 6.45) is -0.398. The quantitative estimate of drug-likeness (QED) is 0.884. The lowest BCUT2D eigenvalue weighted by atomic mass is 10.1. The minimum atomic E-state index is -0.717. The van der Waals surface area contributed by atoms with E-state index in [-0.39, 0.29) is 5.82 Å². The summed E-state index contributed by atoms with van der Waals surface area (Å²) in [5.74, 6) is -0.387. The van der Waals surface area contributed by atoms with E-state index in [4.69, 9.17) is 23.2 Å². The molecule has 1 N–H and O–H groups in total. The van der Waals surface area contributed by atoms with Crippen molar-refractivity contribution in [3.63, 3.8) is 0 Å². The van der Waals surface area contributed by atoms with Gasteiger partial charge >= 0.3 is 0 Å². The molecule has 0 radical (unpaired) electrons. The van der Waals surface area contributed by atoms with Crippen molar-refractivity contribution in [2.45, 2.75) is 12.5 Å². The lowest BCUT2D eigenvalue weighted by Gasteiger charge is -2.10. The molecule has 1 atom stereocenters. The van der Waals surface area contributed by atoms with E-state index in [1.807, 2.05) is 5.38 Å². The van der Waals surface area contributed by atoms with Crippen LogP contribution in [0.5, 0.6) is 0 Å². The Morgan fingerprint density at radius 2 is 2.00 bits per heavy atom. The van der Waals surface area contributed by atoms with E-state index < -0.39 is 6.10 Å². The summed E-state index contributed by atoms with van der Waals surface area (Å²) < 4.78 is 12.9. The van der Waals surface area contributed by atoms with E-state index in [1.54, 1.807) is 12.1 Å². The fourth-order valence-electron chi connectivity index (χ4n) is 1.53. The molecule has 2 aromatic rings. The molecule has 1 heterocycles. The fraction of sp³-hybridized carbons (Fsp3) is 0.167. The minimum absolute atomic E-state index is 0.316. The predicted octanol–water partition coefficient (Wildman–Crippen LogP) is 4.47. The van der Waals surface area contributed by atoms with E-state index in [0.717, 1.165) is 0 Å². The number of halogens is 3. The molecule has 2 rings (SSSR count). The number of aliphatic hydroxyl groups excluding tert-OH is 1. The molecule has 0 saturated carbocycles. The Morgan fingerprint density at radius 3 is 2.59 bits per heavy atom.